The van der Waals surface area contributed by atoms with Gasteiger partial charge in [0.25, 0.3) is 0 Å². The van der Waals surface area contributed by atoms with Gasteiger partial charge in [0.1, 0.15) is 5.72 Å². The van der Waals surface area contributed by atoms with Crippen molar-refractivity contribution in [3.63, 3.8) is 0 Å². The van der Waals surface area contributed by atoms with Gasteiger partial charge in [-0.05, 0) is 12.8 Å². The molecule has 3 nitrogen and oxygen atoms in total. The van der Waals surface area contributed by atoms with Crippen LogP contribution in [0.5, 0.6) is 0 Å². The highest BCUT2D eigenvalue weighted by Crippen LogP contribution is 2.41. The van der Waals surface area contributed by atoms with Crippen LogP contribution in [0.25, 0.3) is 0 Å². The first kappa shape index (κ1) is 8.21. The second-order valence-corrected chi connectivity index (χ2v) is 4.95. The Morgan fingerprint density at radius 1 is 1.00 bits per heavy atom. The number of rotatable bonds is 0. The highest BCUT2D eigenvalue weighted by molar-refractivity contribution is 5.00. The lowest BCUT2D eigenvalue weighted by atomic mass is 9.84. The highest BCUT2D eigenvalue weighted by atomic mass is 16.5. The van der Waals surface area contributed by atoms with Crippen LogP contribution in [0.15, 0.2) is 0 Å². The predicted octanol–water partition coefficient (Wildman–Crippen LogP) is 0.466. The zero-order valence-electron chi connectivity index (χ0n) is 8.07. The molecule has 3 rings (SSSR count). The van der Waals surface area contributed by atoms with Crippen molar-refractivity contribution in [1.29, 1.82) is 0 Å². The molecule has 2 N–H and O–H groups in total. The normalized spacial score (nSPS) is 35.1. The average molecular weight is 182 g/mol. The van der Waals surface area contributed by atoms with Crippen molar-refractivity contribution in [3.8, 4) is 0 Å². The van der Waals surface area contributed by atoms with Gasteiger partial charge in [-0.25, -0.2) is 0 Å². The van der Waals surface area contributed by atoms with Crippen LogP contribution < -0.4 is 10.6 Å². The number of hydrogen-bond acceptors (Lipinski definition) is 3. The fraction of sp³-hybridized carbons (Fsp3) is 1.00. The molecule has 2 spiro atoms. The lowest BCUT2D eigenvalue weighted by Gasteiger charge is -2.50. The Morgan fingerprint density at radius 2 is 1.77 bits per heavy atom. The minimum atomic E-state index is 0.0217. The van der Waals surface area contributed by atoms with Crippen LogP contribution in [0.1, 0.15) is 25.7 Å². The molecule has 2 aliphatic heterocycles. The molecule has 1 saturated carbocycles. The Bertz CT molecular complexity index is 195. The van der Waals surface area contributed by atoms with E-state index >= 15 is 0 Å². The average Bonchev–Trinajstić information content (AvgIpc) is 2.53. The Kier molecular flexibility index (Phi) is 1.70. The monoisotopic (exact) mass is 182 g/mol. The molecule has 3 heteroatoms. The van der Waals surface area contributed by atoms with Crippen molar-refractivity contribution in [2.75, 3.05) is 26.2 Å². The maximum Gasteiger partial charge on any atom is 0.144 e. The van der Waals surface area contributed by atoms with Gasteiger partial charge in [-0.1, -0.05) is 12.8 Å². The molecule has 0 atom stereocenters. The van der Waals surface area contributed by atoms with E-state index in [9.17, 15) is 0 Å². The summed E-state index contributed by atoms with van der Waals surface area (Å²) in [5, 5.41) is 6.84. The van der Waals surface area contributed by atoms with Crippen LogP contribution in [0.4, 0.5) is 0 Å². The van der Waals surface area contributed by atoms with Gasteiger partial charge in [0.15, 0.2) is 0 Å². The fourth-order valence-electron chi connectivity index (χ4n) is 2.77. The van der Waals surface area contributed by atoms with Crippen LogP contribution >= 0.6 is 0 Å². The predicted molar refractivity (Wildman–Crippen MR) is 50.5 cm³/mol. The third-order valence-electron chi connectivity index (χ3n) is 3.93. The standard InChI is InChI=1S/C10H18N2O/c1-2-4-9(3-1)5-12-10(13-8-9)6-11-7-10/h11-12H,1-8H2. The summed E-state index contributed by atoms with van der Waals surface area (Å²) in [7, 11) is 0. The molecule has 2 heterocycles. The smallest absolute Gasteiger partial charge is 0.144 e. The Hall–Kier alpha value is -0.120. The topological polar surface area (TPSA) is 33.3 Å². The molecule has 74 valence electrons. The molecule has 0 aromatic rings. The summed E-state index contributed by atoms with van der Waals surface area (Å²) in [4.78, 5) is 0. The molecular formula is C10H18N2O. The van der Waals surface area contributed by atoms with Gasteiger partial charge in [-0.3, -0.25) is 5.32 Å². The van der Waals surface area contributed by atoms with Crippen molar-refractivity contribution < 1.29 is 4.74 Å². The molecule has 0 aromatic carbocycles. The quantitative estimate of drug-likeness (QED) is 0.571. The Labute approximate surface area is 79.2 Å². The lowest BCUT2D eigenvalue weighted by molar-refractivity contribution is -0.167. The molecule has 0 bridgehead atoms. The van der Waals surface area contributed by atoms with Gasteiger partial charge in [0, 0.05) is 25.0 Å². The highest BCUT2D eigenvalue weighted by Gasteiger charge is 2.47. The third kappa shape index (κ3) is 1.22. The molecule has 0 unspecified atom stereocenters. The zero-order valence-corrected chi connectivity index (χ0v) is 8.07. The minimum absolute atomic E-state index is 0.0217. The van der Waals surface area contributed by atoms with Gasteiger partial charge in [-0.15, -0.1) is 0 Å². The van der Waals surface area contributed by atoms with Crippen molar-refractivity contribution in [1.82, 2.24) is 10.6 Å². The van der Waals surface area contributed by atoms with E-state index in [0.29, 0.717) is 5.41 Å². The van der Waals surface area contributed by atoms with E-state index in [1.807, 2.05) is 0 Å². The number of hydrogen-bond donors (Lipinski definition) is 2. The second kappa shape index (κ2) is 2.69. The largest absolute Gasteiger partial charge is 0.357 e. The summed E-state index contributed by atoms with van der Waals surface area (Å²) < 4.78 is 5.97. The molecule has 0 aromatic heterocycles. The summed E-state index contributed by atoms with van der Waals surface area (Å²) in [6.45, 7) is 4.14. The lowest BCUT2D eigenvalue weighted by Crippen LogP contribution is -2.73. The van der Waals surface area contributed by atoms with Gasteiger partial charge < -0.3 is 10.1 Å². The number of nitrogens with one attached hydrogen (secondary N) is 2. The fourth-order valence-corrected chi connectivity index (χ4v) is 2.77. The van der Waals surface area contributed by atoms with Gasteiger partial charge >= 0.3 is 0 Å². The maximum atomic E-state index is 5.97. The van der Waals surface area contributed by atoms with Crippen LogP contribution in [0.3, 0.4) is 0 Å². The molecule has 2 saturated heterocycles. The minimum Gasteiger partial charge on any atom is -0.357 e. The molecule has 3 fully saturated rings. The summed E-state index contributed by atoms with van der Waals surface area (Å²) in [5.41, 5.74) is 0.523. The second-order valence-electron chi connectivity index (χ2n) is 4.95. The van der Waals surface area contributed by atoms with Crippen molar-refractivity contribution in [2.45, 2.75) is 31.4 Å². The van der Waals surface area contributed by atoms with Gasteiger partial charge in [0.05, 0.1) is 6.61 Å². The van der Waals surface area contributed by atoms with E-state index < -0.39 is 0 Å². The Morgan fingerprint density at radius 3 is 2.23 bits per heavy atom. The third-order valence-corrected chi connectivity index (χ3v) is 3.93. The first-order valence-electron chi connectivity index (χ1n) is 5.42. The summed E-state index contributed by atoms with van der Waals surface area (Å²) >= 11 is 0. The molecular weight excluding hydrogens is 164 g/mol. The van der Waals surface area contributed by atoms with Crippen LogP contribution in [-0.2, 0) is 4.74 Å². The van der Waals surface area contributed by atoms with Crippen LogP contribution in [-0.4, -0.2) is 32.0 Å². The van der Waals surface area contributed by atoms with E-state index in [2.05, 4.69) is 10.6 Å². The van der Waals surface area contributed by atoms with Gasteiger partial charge in [-0.2, -0.15) is 0 Å². The van der Waals surface area contributed by atoms with Crippen LogP contribution in [0, 0.1) is 5.41 Å². The van der Waals surface area contributed by atoms with E-state index in [-0.39, 0.29) is 5.72 Å². The SMILES string of the molecule is C1CCC2(C1)CNC1(CNC1)OC2. The summed E-state index contributed by atoms with van der Waals surface area (Å²) in [5.74, 6) is 0. The van der Waals surface area contributed by atoms with Crippen molar-refractivity contribution in [3.05, 3.63) is 0 Å². The molecule has 13 heavy (non-hydrogen) atoms. The summed E-state index contributed by atoms with van der Waals surface area (Å²) in [6.07, 6.45) is 5.53. The Balaban J connectivity index is 1.66. The molecule has 0 amide bonds. The first-order chi connectivity index (χ1) is 6.33. The number of ether oxygens (including phenoxy) is 1. The van der Waals surface area contributed by atoms with E-state index in [1.165, 1.54) is 32.2 Å². The molecule has 1 aliphatic carbocycles. The molecule has 3 aliphatic rings. The summed E-state index contributed by atoms with van der Waals surface area (Å²) in [6, 6.07) is 0. The molecule has 0 radical (unpaired) electrons. The van der Waals surface area contributed by atoms with Gasteiger partial charge in [0.2, 0.25) is 0 Å². The first-order valence-corrected chi connectivity index (χ1v) is 5.42. The van der Waals surface area contributed by atoms with E-state index in [0.717, 1.165) is 19.7 Å². The van der Waals surface area contributed by atoms with E-state index in [4.69, 9.17) is 4.74 Å². The van der Waals surface area contributed by atoms with Crippen LogP contribution in [0.2, 0.25) is 0 Å². The van der Waals surface area contributed by atoms with Crippen molar-refractivity contribution >= 4 is 0 Å². The van der Waals surface area contributed by atoms with E-state index in [1.54, 1.807) is 0 Å². The zero-order chi connectivity index (χ0) is 8.78. The van der Waals surface area contributed by atoms with Crippen molar-refractivity contribution in [2.24, 2.45) is 5.41 Å². The maximum absolute atomic E-state index is 5.97.